The van der Waals surface area contributed by atoms with Crippen molar-refractivity contribution in [3.8, 4) is 5.75 Å². The summed E-state index contributed by atoms with van der Waals surface area (Å²) in [6.45, 7) is 8.49. The van der Waals surface area contributed by atoms with E-state index in [-0.39, 0.29) is 11.8 Å². The lowest BCUT2D eigenvalue weighted by molar-refractivity contribution is -0.138. The largest absolute Gasteiger partial charge is 0.493 e. The second kappa shape index (κ2) is 8.27. The summed E-state index contributed by atoms with van der Waals surface area (Å²) in [6, 6.07) is 8.76. The van der Waals surface area contributed by atoms with Crippen LogP contribution in [0, 0.1) is 23.7 Å². The number of piperidine rings is 1. The first-order valence-corrected chi connectivity index (χ1v) is 11.5. The average molecular weight is 399 g/mol. The molecule has 4 heterocycles. The molecule has 0 radical (unpaired) electrons. The summed E-state index contributed by atoms with van der Waals surface area (Å²) in [4.78, 5) is 18.3. The van der Waals surface area contributed by atoms with Gasteiger partial charge in [-0.3, -0.25) is 9.69 Å². The van der Waals surface area contributed by atoms with Crippen molar-refractivity contribution in [2.75, 3.05) is 46.0 Å². The van der Waals surface area contributed by atoms with Gasteiger partial charge in [0.15, 0.2) is 0 Å². The van der Waals surface area contributed by atoms with Crippen molar-refractivity contribution in [2.24, 2.45) is 23.7 Å². The van der Waals surface area contributed by atoms with Gasteiger partial charge in [-0.05, 0) is 43.6 Å². The Morgan fingerprint density at radius 1 is 1.10 bits per heavy atom. The van der Waals surface area contributed by atoms with E-state index in [1.165, 1.54) is 5.56 Å². The number of carbonyl (C=O) groups excluding carboxylic acids is 1. The highest BCUT2D eigenvalue weighted by Gasteiger charge is 2.50. The molecule has 0 unspecified atom stereocenters. The van der Waals surface area contributed by atoms with E-state index in [0.717, 1.165) is 76.7 Å². The topological polar surface area (TPSA) is 42.0 Å². The van der Waals surface area contributed by atoms with E-state index >= 15 is 0 Å². The first-order chi connectivity index (χ1) is 14.2. The number of nitrogens with zero attached hydrogens (tertiary/aromatic N) is 2. The molecule has 3 fully saturated rings. The van der Waals surface area contributed by atoms with Gasteiger partial charge >= 0.3 is 0 Å². The van der Waals surface area contributed by atoms with Gasteiger partial charge in [0.1, 0.15) is 5.75 Å². The van der Waals surface area contributed by atoms with Gasteiger partial charge < -0.3 is 14.4 Å². The molecule has 5 heteroatoms. The summed E-state index contributed by atoms with van der Waals surface area (Å²) in [5.74, 6) is 3.10. The first-order valence-electron chi connectivity index (χ1n) is 11.5. The zero-order valence-electron chi connectivity index (χ0n) is 17.6. The van der Waals surface area contributed by atoms with Crippen LogP contribution in [0.4, 0.5) is 0 Å². The third-order valence-electron chi connectivity index (χ3n) is 7.66. The Morgan fingerprint density at radius 2 is 1.86 bits per heavy atom. The molecule has 1 aromatic rings. The summed E-state index contributed by atoms with van der Waals surface area (Å²) in [7, 11) is 0. The number of ether oxygens (including phenoxy) is 2. The van der Waals surface area contributed by atoms with E-state index in [1.54, 1.807) is 0 Å². The summed E-state index contributed by atoms with van der Waals surface area (Å²) >= 11 is 0. The van der Waals surface area contributed by atoms with Crippen molar-refractivity contribution >= 4 is 5.91 Å². The number of amides is 1. The van der Waals surface area contributed by atoms with E-state index in [9.17, 15) is 4.79 Å². The lowest BCUT2D eigenvalue weighted by atomic mass is 9.84. The molecule has 3 atom stereocenters. The summed E-state index contributed by atoms with van der Waals surface area (Å²) in [6.07, 6.45) is 4.54. The van der Waals surface area contributed by atoms with Crippen LogP contribution in [0.25, 0.3) is 0 Å². The molecule has 1 amide bonds. The lowest BCUT2D eigenvalue weighted by Gasteiger charge is -2.37. The molecule has 5 rings (SSSR count). The molecule has 0 aliphatic carbocycles. The SMILES string of the molecule is CC1CCN(C(=O)[C@@H]2CN(CC3CCOCC3)[C@H]3c4ccccc4OC[C@@H]23)CC1. The number of rotatable bonds is 3. The number of benzene rings is 1. The molecule has 0 saturated carbocycles. The number of para-hydroxylation sites is 1. The molecule has 0 N–H and O–H groups in total. The van der Waals surface area contributed by atoms with E-state index in [4.69, 9.17) is 9.47 Å². The van der Waals surface area contributed by atoms with Crippen molar-refractivity contribution in [1.29, 1.82) is 0 Å². The van der Waals surface area contributed by atoms with Crippen molar-refractivity contribution in [3.63, 3.8) is 0 Å². The van der Waals surface area contributed by atoms with Gasteiger partial charge in [0.25, 0.3) is 0 Å². The van der Waals surface area contributed by atoms with Crippen LogP contribution >= 0.6 is 0 Å². The summed E-state index contributed by atoms with van der Waals surface area (Å²) < 4.78 is 11.7. The van der Waals surface area contributed by atoms with Gasteiger partial charge in [-0.25, -0.2) is 0 Å². The molecule has 4 aliphatic heterocycles. The molecule has 0 spiro atoms. The third-order valence-corrected chi connectivity index (χ3v) is 7.66. The molecule has 3 saturated heterocycles. The van der Waals surface area contributed by atoms with Crippen LogP contribution in [0.15, 0.2) is 24.3 Å². The zero-order valence-corrected chi connectivity index (χ0v) is 17.6. The normalized spacial score (nSPS) is 31.2. The van der Waals surface area contributed by atoms with E-state index in [2.05, 4.69) is 41.0 Å². The fourth-order valence-electron chi connectivity index (χ4n) is 5.84. The minimum absolute atomic E-state index is 0.0570. The second-order valence-corrected chi connectivity index (χ2v) is 9.58. The van der Waals surface area contributed by atoms with Crippen molar-refractivity contribution < 1.29 is 14.3 Å². The van der Waals surface area contributed by atoms with Gasteiger partial charge in [0.05, 0.1) is 12.5 Å². The Bertz CT molecular complexity index is 725. The van der Waals surface area contributed by atoms with E-state index < -0.39 is 0 Å². The number of likely N-dealkylation sites (tertiary alicyclic amines) is 2. The quantitative estimate of drug-likeness (QED) is 0.783. The predicted molar refractivity (Wildman–Crippen MR) is 112 cm³/mol. The maximum atomic E-state index is 13.5. The molecular formula is C24H34N2O3. The lowest BCUT2D eigenvalue weighted by Crippen LogP contribution is -2.44. The van der Waals surface area contributed by atoms with Crippen LogP contribution in [-0.2, 0) is 9.53 Å². The number of hydrogen-bond acceptors (Lipinski definition) is 4. The smallest absolute Gasteiger partial charge is 0.227 e. The highest BCUT2D eigenvalue weighted by molar-refractivity contribution is 5.80. The van der Waals surface area contributed by atoms with Gasteiger partial charge in [-0.2, -0.15) is 0 Å². The van der Waals surface area contributed by atoms with Crippen LogP contribution in [0.3, 0.4) is 0 Å². The number of carbonyl (C=O) groups is 1. The molecule has 4 aliphatic rings. The van der Waals surface area contributed by atoms with Crippen molar-refractivity contribution in [3.05, 3.63) is 29.8 Å². The molecule has 29 heavy (non-hydrogen) atoms. The highest BCUT2D eigenvalue weighted by atomic mass is 16.5. The molecule has 0 aromatic heterocycles. The Hall–Kier alpha value is -1.59. The fourth-order valence-corrected chi connectivity index (χ4v) is 5.84. The molecular weight excluding hydrogens is 364 g/mol. The monoisotopic (exact) mass is 398 g/mol. The van der Waals surface area contributed by atoms with Gasteiger partial charge in [-0.1, -0.05) is 25.1 Å². The van der Waals surface area contributed by atoms with Crippen LogP contribution in [0.2, 0.25) is 0 Å². The maximum absolute atomic E-state index is 13.5. The van der Waals surface area contributed by atoms with Gasteiger partial charge in [0.2, 0.25) is 5.91 Å². The Labute approximate surface area is 174 Å². The minimum Gasteiger partial charge on any atom is -0.493 e. The van der Waals surface area contributed by atoms with E-state index in [1.807, 2.05) is 0 Å². The Balaban J connectivity index is 1.39. The predicted octanol–water partition coefficient (Wildman–Crippen LogP) is 3.35. The average Bonchev–Trinajstić information content (AvgIpc) is 3.13. The van der Waals surface area contributed by atoms with Crippen LogP contribution in [0.1, 0.15) is 44.2 Å². The first kappa shape index (κ1) is 19.4. The van der Waals surface area contributed by atoms with Crippen molar-refractivity contribution in [1.82, 2.24) is 9.80 Å². The molecule has 5 nitrogen and oxygen atoms in total. The zero-order chi connectivity index (χ0) is 19.8. The summed E-state index contributed by atoms with van der Waals surface area (Å²) in [5.41, 5.74) is 1.28. The van der Waals surface area contributed by atoms with E-state index in [0.29, 0.717) is 24.5 Å². The van der Waals surface area contributed by atoms with Gasteiger partial charge in [0, 0.05) is 56.9 Å². The molecule has 158 valence electrons. The Morgan fingerprint density at radius 3 is 2.66 bits per heavy atom. The Kier molecular flexibility index (Phi) is 5.53. The highest BCUT2D eigenvalue weighted by Crippen LogP contribution is 2.48. The maximum Gasteiger partial charge on any atom is 0.227 e. The molecule has 0 bridgehead atoms. The second-order valence-electron chi connectivity index (χ2n) is 9.58. The van der Waals surface area contributed by atoms with Crippen LogP contribution < -0.4 is 4.74 Å². The third kappa shape index (κ3) is 3.79. The molecule has 1 aromatic carbocycles. The van der Waals surface area contributed by atoms with Gasteiger partial charge in [-0.15, -0.1) is 0 Å². The number of hydrogen-bond donors (Lipinski definition) is 0. The number of fused-ring (bicyclic) bond motifs is 3. The van der Waals surface area contributed by atoms with Crippen LogP contribution in [-0.4, -0.2) is 61.7 Å². The fraction of sp³-hybridized carbons (Fsp3) is 0.708. The van der Waals surface area contributed by atoms with Crippen molar-refractivity contribution in [2.45, 2.75) is 38.6 Å². The summed E-state index contributed by atoms with van der Waals surface area (Å²) in [5, 5.41) is 0. The standard InChI is InChI=1S/C24H34N2O3/c1-17-6-10-25(11-7-17)24(27)20-15-26(14-18-8-12-28-13-9-18)23-19-4-2-3-5-22(19)29-16-21(20)23/h2-5,17-18,20-21,23H,6-16H2,1H3/t20-,21+,23+/m1/s1. The minimum atomic E-state index is 0.0570. The van der Waals surface area contributed by atoms with Crippen LogP contribution in [0.5, 0.6) is 5.75 Å².